The third-order valence-electron chi connectivity index (χ3n) is 3.85. The van der Waals surface area contributed by atoms with Crippen LogP contribution in [0.15, 0.2) is 42.5 Å². The van der Waals surface area contributed by atoms with Crippen LogP contribution in [0, 0.1) is 0 Å². The molecule has 0 saturated heterocycles. The second kappa shape index (κ2) is 9.33. The fraction of sp³-hybridized carbons (Fsp3) is 0.263. The molecule has 0 spiro atoms. The van der Waals surface area contributed by atoms with E-state index in [-0.39, 0.29) is 19.0 Å². The highest BCUT2D eigenvalue weighted by atomic mass is 16.5. The van der Waals surface area contributed by atoms with Gasteiger partial charge >= 0.3 is 5.97 Å². The number of carbonyl (C=O) groups excluding carboxylic acids is 4. The predicted octanol–water partition coefficient (Wildman–Crippen LogP) is 0.317. The summed E-state index contributed by atoms with van der Waals surface area (Å²) in [6, 6.07) is 12.8. The molecule has 0 saturated carbocycles. The molecule has 0 aliphatic carbocycles. The van der Waals surface area contributed by atoms with E-state index in [0.29, 0.717) is 5.56 Å². The topological polar surface area (TPSA) is 105 Å². The minimum Gasteiger partial charge on any atom is -0.454 e. The Morgan fingerprint density at radius 3 is 2.44 bits per heavy atom. The number of esters is 1. The summed E-state index contributed by atoms with van der Waals surface area (Å²) in [5.41, 5.74) is 0.419. The van der Waals surface area contributed by atoms with Gasteiger partial charge in [-0.05, 0) is 22.9 Å². The lowest BCUT2D eigenvalue weighted by molar-refractivity contribution is -0.151. The van der Waals surface area contributed by atoms with Crippen molar-refractivity contribution in [2.24, 2.45) is 0 Å². The summed E-state index contributed by atoms with van der Waals surface area (Å²) >= 11 is 0. The van der Waals surface area contributed by atoms with E-state index in [1.54, 1.807) is 12.1 Å². The first-order valence-electron chi connectivity index (χ1n) is 8.28. The molecular formula is C19H21N3O5. The monoisotopic (exact) mass is 371 g/mol. The first-order chi connectivity index (χ1) is 12.9. The number of nitrogens with one attached hydrogen (secondary N) is 2. The zero-order chi connectivity index (χ0) is 19.8. The molecule has 8 nitrogen and oxygen atoms in total. The minimum atomic E-state index is -0.745. The van der Waals surface area contributed by atoms with Crippen molar-refractivity contribution < 1.29 is 23.9 Å². The number of rotatable bonds is 7. The molecule has 142 valence electrons. The SMILES string of the molecule is CNC(=O)CN(C)C(=O)COC(=O)CNC(=O)c1ccc2ccccc2c1. The molecule has 0 radical (unpaired) electrons. The third kappa shape index (κ3) is 5.81. The molecular weight excluding hydrogens is 350 g/mol. The van der Waals surface area contributed by atoms with E-state index in [0.717, 1.165) is 15.7 Å². The van der Waals surface area contributed by atoms with E-state index >= 15 is 0 Å². The molecule has 0 aliphatic heterocycles. The smallest absolute Gasteiger partial charge is 0.325 e. The number of amides is 3. The molecule has 0 atom stereocenters. The fourth-order valence-corrected chi connectivity index (χ4v) is 2.27. The van der Waals surface area contributed by atoms with Crippen molar-refractivity contribution in [2.45, 2.75) is 0 Å². The van der Waals surface area contributed by atoms with E-state index in [9.17, 15) is 19.2 Å². The number of benzene rings is 2. The molecule has 27 heavy (non-hydrogen) atoms. The Hall–Kier alpha value is -3.42. The molecule has 2 aromatic carbocycles. The Morgan fingerprint density at radius 2 is 1.74 bits per heavy atom. The number of carbonyl (C=O) groups is 4. The van der Waals surface area contributed by atoms with Crippen molar-refractivity contribution in [3.8, 4) is 0 Å². The van der Waals surface area contributed by atoms with Gasteiger partial charge in [0.25, 0.3) is 11.8 Å². The summed E-state index contributed by atoms with van der Waals surface area (Å²) in [5.74, 6) is -2.01. The third-order valence-corrected chi connectivity index (χ3v) is 3.85. The zero-order valence-corrected chi connectivity index (χ0v) is 15.2. The Bertz CT molecular complexity index is 865. The summed E-state index contributed by atoms with van der Waals surface area (Å²) < 4.78 is 4.82. The average Bonchev–Trinajstić information content (AvgIpc) is 2.69. The standard InChI is InChI=1S/C19H21N3O5/c1-20-16(23)11-22(2)17(24)12-27-18(25)10-21-19(26)15-8-7-13-5-3-4-6-14(13)9-15/h3-9H,10-12H2,1-2H3,(H,20,23)(H,21,26). The Kier molecular flexibility index (Phi) is 6.87. The maximum absolute atomic E-state index is 12.2. The highest BCUT2D eigenvalue weighted by Gasteiger charge is 2.15. The summed E-state index contributed by atoms with van der Waals surface area (Å²) in [4.78, 5) is 48.0. The molecule has 0 fully saturated rings. The van der Waals surface area contributed by atoms with Gasteiger partial charge in [-0.25, -0.2) is 0 Å². The average molecular weight is 371 g/mol. The van der Waals surface area contributed by atoms with E-state index in [2.05, 4.69) is 10.6 Å². The Balaban J connectivity index is 1.79. The highest BCUT2D eigenvalue weighted by Crippen LogP contribution is 2.15. The second-order valence-electron chi connectivity index (χ2n) is 5.83. The summed E-state index contributed by atoms with van der Waals surface area (Å²) in [5, 5.41) is 6.76. The largest absolute Gasteiger partial charge is 0.454 e. The van der Waals surface area contributed by atoms with Crippen LogP contribution in [0.25, 0.3) is 10.8 Å². The fourth-order valence-electron chi connectivity index (χ4n) is 2.27. The first-order valence-corrected chi connectivity index (χ1v) is 8.28. The van der Waals surface area contributed by atoms with Gasteiger partial charge in [0.05, 0.1) is 6.54 Å². The molecule has 3 amide bonds. The molecule has 0 heterocycles. The number of likely N-dealkylation sites (N-methyl/N-ethyl adjacent to an activating group) is 2. The van der Waals surface area contributed by atoms with Gasteiger partial charge in [0.1, 0.15) is 6.54 Å². The van der Waals surface area contributed by atoms with Crippen LogP contribution in [-0.4, -0.2) is 62.4 Å². The summed E-state index contributed by atoms with van der Waals surface area (Å²) in [6.45, 7) is -0.998. The van der Waals surface area contributed by atoms with Crippen LogP contribution in [-0.2, 0) is 19.1 Å². The summed E-state index contributed by atoms with van der Waals surface area (Å²) in [7, 11) is 2.88. The Morgan fingerprint density at radius 1 is 1.04 bits per heavy atom. The number of hydrogen-bond acceptors (Lipinski definition) is 5. The lowest BCUT2D eigenvalue weighted by Crippen LogP contribution is -2.39. The number of fused-ring (bicyclic) bond motifs is 1. The minimum absolute atomic E-state index is 0.133. The van der Waals surface area contributed by atoms with Gasteiger partial charge < -0.3 is 20.3 Å². The number of ether oxygens (including phenoxy) is 1. The molecule has 0 aliphatic rings. The maximum Gasteiger partial charge on any atom is 0.325 e. The van der Waals surface area contributed by atoms with Crippen LogP contribution in [0.4, 0.5) is 0 Å². The van der Waals surface area contributed by atoms with Gasteiger partial charge in [-0.1, -0.05) is 30.3 Å². The van der Waals surface area contributed by atoms with Crippen LogP contribution in [0.1, 0.15) is 10.4 Å². The lowest BCUT2D eigenvalue weighted by Gasteiger charge is -2.16. The van der Waals surface area contributed by atoms with Gasteiger partial charge in [0, 0.05) is 19.7 Å². The lowest BCUT2D eigenvalue weighted by atomic mass is 10.1. The molecule has 2 N–H and O–H groups in total. The van der Waals surface area contributed by atoms with Gasteiger partial charge in [-0.15, -0.1) is 0 Å². The molecule has 0 bridgehead atoms. The van der Waals surface area contributed by atoms with E-state index in [4.69, 9.17) is 4.74 Å². The van der Waals surface area contributed by atoms with Gasteiger partial charge in [-0.2, -0.15) is 0 Å². The first kappa shape index (κ1) is 19.9. The van der Waals surface area contributed by atoms with Gasteiger partial charge in [-0.3, -0.25) is 19.2 Å². The van der Waals surface area contributed by atoms with Crippen molar-refractivity contribution in [2.75, 3.05) is 33.8 Å². The normalized spacial score (nSPS) is 10.1. The van der Waals surface area contributed by atoms with Crippen molar-refractivity contribution in [3.05, 3.63) is 48.0 Å². The quantitative estimate of drug-likeness (QED) is 0.682. The van der Waals surface area contributed by atoms with E-state index in [1.165, 1.54) is 14.1 Å². The molecule has 8 heteroatoms. The van der Waals surface area contributed by atoms with Crippen LogP contribution < -0.4 is 10.6 Å². The highest BCUT2D eigenvalue weighted by molar-refractivity contribution is 5.99. The van der Waals surface area contributed by atoms with Crippen molar-refractivity contribution in [1.29, 1.82) is 0 Å². The molecule has 0 unspecified atom stereocenters. The maximum atomic E-state index is 12.2. The van der Waals surface area contributed by atoms with Crippen LogP contribution in [0.3, 0.4) is 0 Å². The van der Waals surface area contributed by atoms with Crippen molar-refractivity contribution >= 4 is 34.5 Å². The number of nitrogens with zero attached hydrogens (tertiary/aromatic N) is 1. The van der Waals surface area contributed by atoms with Gasteiger partial charge in [0.2, 0.25) is 5.91 Å². The predicted molar refractivity (Wildman–Crippen MR) is 98.9 cm³/mol. The van der Waals surface area contributed by atoms with Gasteiger partial charge in [0.15, 0.2) is 6.61 Å². The summed E-state index contributed by atoms with van der Waals surface area (Å²) in [6.07, 6.45) is 0. The van der Waals surface area contributed by atoms with Crippen LogP contribution in [0.5, 0.6) is 0 Å². The number of hydrogen-bond donors (Lipinski definition) is 2. The van der Waals surface area contributed by atoms with Crippen LogP contribution in [0.2, 0.25) is 0 Å². The van der Waals surface area contributed by atoms with Crippen molar-refractivity contribution in [3.63, 3.8) is 0 Å². The molecule has 2 rings (SSSR count). The zero-order valence-electron chi connectivity index (χ0n) is 15.2. The van der Waals surface area contributed by atoms with Crippen molar-refractivity contribution in [1.82, 2.24) is 15.5 Å². The van der Waals surface area contributed by atoms with Crippen LogP contribution >= 0.6 is 0 Å². The Labute approximate surface area is 156 Å². The van der Waals surface area contributed by atoms with E-state index in [1.807, 2.05) is 30.3 Å². The molecule has 0 aromatic heterocycles. The second-order valence-corrected chi connectivity index (χ2v) is 5.83. The van der Waals surface area contributed by atoms with E-state index < -0.39 is 24.4 Å². The molecule has 2 aromatic rings.